The Balaban J connectivity index is 4.06. The molecule has 0 saturated carbocycles. The fraction of sp³-hybridized carbons (Fsp3) is 0.857. The molecule has 102 valence electrons. The summed E-state index contributed by atoms with van der Waals surface area (Å²) in [4.78, 5) is 0. The number of unbranched alkanes of at least 4 members (excludes halogenated alkanes) is 2. The summed E-state index contributed by atoms with van der Waals surface area (Å²) >= 11 is 0. The maximum atomic E-state index is 12.3. The van der Waals surface area contributed by atoms with Gasteiger partial charge in [-0.1, -0.05) is 65.5 Å². The molecule has 3 heteroatoms. The summed E-state index contributed by atoms with van der Waals surface area (Å²) in [5.74, 6) is -0.664. The van der Waals surface area contributed by atoms with E-state index in [2.05, 4.69) is 13.8 Å². The third-order valence-corrected chi connectivity index (χ3v) is 3.38. The molecule has 0 aliphatic rings. The molecule has 0 aliphatic heterocycles. The minimum absolute atomic E-state index is 0.219. The number of halogens is 3. The van der Waals surface area contributed by atoms with E-state index in [0.717, 1.165) is 6.42 Å². The zero-order chi connectivity index (χ0) is 13.5. The van der Waals surface area contributed by atoms with E-state index >= 15 is 0 Å². The molecule has 0 aromatic rings. The van der Waals surface area contributed by atoms with Crippen LogP contribution in [0.15, 0.2) is 12.2 Å². The van der Waals surface area contributed by atoms with Crippen molar-refractivity contribution in [2.24, 2.45) is 17.8 Å². The van der Waals surface area contributed by atoms with Crippen LogP contribution in [-0.2, 0) is 0 Å². The zero-order valence-electron chi connectivity index (χ0n) is 11.3. The third-order valence-electron chi connectivity index (χ3n) is 3.38. The predicted molar refractivity (Wildman–Crippen MR) is 66.8 cm³/mol. The van der Waals surface area contributed by atoms with Crippen LogP contribution >= 0.6 is 0 Å². The second-order valence-corrected chi connectivity index (χ2v) is 5.05. The average Bonchev–Trinajstić information content (AvgIpc) is 2.24. The van der Waals surface area contributed by atoms with Gasteiger partial charge in [0.2, 0.25) is 0 Å². The summed E-state index contributed by atoms with van der Waals surface area (Å²) < 4.78 is 36.9. The molecule has 0 radical (unpaired) electrons. The van der Waals surface area contributed by atoms with Crippen molar-refractivity contribution in [2.45, 2.75) is 59.6 Å². The largest absolute Gasteiger partial charge is 0.394 e. The molecule has 0 aromatic heterocycles. The van der Waals surface area contributed by atoms with E-state index < -0.39 is 12.1 Å². The summed E-state index contributed by atoms with van der Waals surface area (Å²) in [6.45, 7) is 7.46. The van der Waals surface area contributed by atoms with E-state index in [9.17, 15) is 13.2 Å². The molecule has 1 unspecified atom stereocenters. The topological polar surface area (TPSA) is 0 Å². The van der Waals surface area contributed by atoms with Crippen molar-refractivity contribution in [3.63, 3.8) is 0 Å². The fourth-order valence-electron chi connectivity index (χ4n) is 1.62. The van der Waals surface area contributed by atoms with Gasteiger partial charge in [0.1, 0.15) is 0 Å². The molecule has 3 atom stereocenters. The summed E-state index contributed by atoms with van der Waals surface area (Å²) in [5.41, 5.74) is 0. The van der Waals surface area contributed by atoms with Crippen molar-refractivity contribution in [1.82, 2.24) is 0 Å². The Labute approximate surface area is 103 Å². The number of rotatable bonds is 7. The molecule has 0 aliphatic carbocycles. The minimum Gasteiger partial charge on any atom is -0.170 e. The van der Waals surface area contributed by atoms with Gasteiger partial charge in [0.25, 0.3) is 0 Å². The average molecular weight is 250 g/mol. The highest BCUT2D eigenvalue weighted by Gasteiger charge is 2.33. The lowest BCUT2D eigenvalue weighted by Gasteiger charge is -2.17. The second-order valence-electron chi connectivity index (χ2n) is 5.05. The number of allylic oxidation sites excluding steroid dienone is 2. The predicted octanol–water partition coefficient (Wildman–Crippen LogP) is 5.59. The van der Waals surface area contributed by atoms with Crippen molar-refractivity contribution in [1.29, 1.82) is 0 Å². The molecule has 0 N–H and O–H groups in total. The second kappa shape index (κ2) is 7.78. The Morgan fingerprint density at radius 3 is 2.06 bits per heavy atom. The Hall–Kier alpha value is -0.470. The minimum atomic E-state index is -4.11. The van der Waals surface area contributed by atoms with E-state index in [-0.39, 0.29) is 5.92 Å². The highest BCUT2D eigenvalue weighted by atomic mass is 19.4. The van der Waals surface area contributed by atoms with Gasteiger partial charge >= 0.3 is 6.18 Å². The van der Waals surface area contributed by atoms with Gasteiger partial charge < -0.3 is 0 Å². The van der Waals surface area contributed by atoms with Crippen molar-refractivity contribution in [2.75, 3.05) is 0 Å². The van der Waals surface area contributed by atoms with E-state index in [1.807, 2.05) is 6.92 Å². The van der Waals surface area contributed by atoms with Crippen molar-refractivity contribution in [3.05, 3.63) is 12.2 Å². The van der Waals surface area contributed by atoms with Gasteiger partial charge in [-0.3, -0.25) is 0 Å². The molecule has 0 bridgehead atoms. The summed E-state index contributed by atoms with van der Waals surface area (Å²) in [6.07, 6.45) is 3.56. The van der Waals surface area contributed by atoms with Crippen LogP contribution in [0.3, 0.4) is 0 Å². The van der Waals surface area contributed by atoms with Crippen LogP contribution in [0.25, 0.3) is 0 Å². The Bertz CT molecular complexity index is 218. The number of hydrogen-bond donors (Lipinski definition) is 0. The van der Waals surface area contributed by atoms with Gasteiger partial charge in [-0.25, -0.2) is 0 Å². The molecule has 0 rings (SSSR count). The van der Waals surface area contributed by atoms with E-state index in [1.54, 1.807) is 6.08 Å². The standard InChI is InChI=1S/C14H25F3/c1-5-6-7-8-11(2)12(3)9-10-13(4)14(15,16)17/h9-13H,5-8H2,1-4H3/b10-9-/t11-,12-,13?/m1/s1. The summed E-state index contributed by atoms with van der Waals surface area (Å²) in [7, 11) is 0. The highest BCUT2D eigenvalue weighted by molar-refractivity contribution is 4.94. The van der Waals surface area contributed by atoms with Crippen LogP contribution in [0.5, 0.6) is 0 Å². The summed E-state index contributed by atoms with van der Waals surface area (Å²) in [5, 5.41) is 0. The monoisotopic (exact) mass is 250 g/mol. The lowest BCUT2D eigenvalue weighted by Crippen LogP contribution is -2.18. The smallest absolute Gasteiger partial charge is 0.170 e. The van der Waals surface area contributed by atoms with Crippen molar-refractivity contribution < 1.29 is 13.2 Å². The van der Waals surface area contributed by atoms with Crippen LogP contribution in [0.2, 0.25) is 0 Å². The van der Waals surface area contributed by atoms with Gasteiger partial charge in [0.05, 0.1) is 5.92 Å². The molecule has 0 heterocycles. The number of hydrogen-bond acceptors (Lipinski definition) is 0. The van der Waals surface area contributed by atoms with Crippen molar-refractivity contribution >= 4 is 0 Å². The van der Waals surface area contributed by atoms with E-state index in [1.165, 1.54) is 32.3 Å². The first-order valence-electron chi connectivity index (χ1n) is 6.54. The SMILES string of the molecule is CCCCC[C@@H](C)[C@H](C)/C=C\C(C)C(F)(F)F. The van der Waals surface area contributed by atoms with Gasteiger partial charge in [0, 0.05) is 0 Å². The van der Waals surface area contributed by atoms with Crippen LogP contribution in [0.4, 0.5) is 13.2 Å². The molecule has 0 spiro atoms. The molecule has 0 saturated heterocycles. The maximum absolute atomic E-state index is 12.3. The molecule has 0 aromatic carbocycles. The lowest BCUT2D eigenvalue weighted by atomic mass is 9.89. The molecule has 0 amide bonds. The van der Waals surface area contributed by atoms with Gasteiger partial charge in [0.15, 0.2) is 0 Å². The van der Waals surface area contributed by atoms with Crippen molar-refractivity contribution in [3.8, 4) is 0 Å². The van der Waals surface area contributed by atoms with Gasteiger partial charge in [-0.15, -0.1) is 0 Å². The fourth-order valence-corrected chi connectivity index (χ4v) is 1.62. The normalized spacial score (nSPS) is 18.3. The van der Waals surface area contributed by atoms with E-state index in [4.69, 9.17) is 0 Å². The van der Waals surface area contributed by atoms with Crippen LogP contribution in [-0.4, -0.2) is 6.18 Å². The quantitative estimate of drug-likeness (QED) is 0.408. The first kappa shape index (κ1) is 16.5. The Kier molecular flexibility index (Phi) is 7.56. The molecule has 0 fully saturated rings. The third kappa shape index (κ3) is 7.45. The zero-order valence-corrected chi connectivity index (χ0v) is 11.3. The molecular formula is C14H25F3. The van der Waals surface area contributed by atoms with E-state index in [0.29, 0.717) is 5.92 Å². The van der Waals surface area contributed by atoms with Crippen LogP contribution < -0.4 is 0 Å². The first-order valence-corrected chi connectivity index (χ1v) is 6.54. The van der Waals surface area contributed by atoms with Gasteiger partial charge in [-0.05, 0) is 11.8 Å². The van der Waals surface area contributed by atoms with Gasteiger partial charge in [-0.2, -0.15) is 13.2 Å². The Morgan fingerprint density at radius 1 is 1.00 bits per heavy atom. The number of alkyl halides is 3. The lowest BCUT2D eigenvalue weighted by molar-refractivity contribution is -0.156. The first-order chi connectivity index (χ1) is 7.79. The summed E-state index contributed by atoms with van der Waals surface area (Å²) in [6, 6.07) is 0. The highest BCUT2D eigenvalue weighted by Crippen LogP contribution is 2.28. The molecule has 0 nitrogen and oxygen atoms in total. The molecular weight excluding hydrogens is 225 g/mol. The van der Waals surface area contributed by atoms with Crippen LogP contribution in [0.1, 0.15) is 53.4 Å². The van der Waals surface area contributed by atoms with Crippen LogP contribution in [0, 0.1) is 17.8 Å². The Morgan fingerprint density at radius 2 is 1.59 bits per heavy atom. The molecule has 17 heavy (non-hydrogen) atoms. The maximum Gasteiger partial charge on any atom is 0.394 e.